The number of benzene rings is 1. The summed E-state index contributed by atoms with van der Waals surface area (Å²) in [6, 6.07) is 6.13. The number of likely N-dealkylation sites (tertiary alicyclic amines) is 1. The van der Waals surface area contributed by atoms with Crippen LogP contribution in [0.25, 0.3) is 0 Å². The Morgan fingerprint density at radius 3 is 2.68 bits per heavy atom. The fraction of sp³-hybridized carbons (Fsp3) is 0.385. The summed E-state index contributed by atoms with van der Waals surface area (Å²) in [5.74, 6) is -1.42. The first kappa shape index (κ1) is 13.9. The first-order valence-corrected chi connectivity index (χ1v) is 7.12. The molecule has 2 rings (SSSR count). The Hall–Kier alpha value is -1.53. The standard InChI is InChI=1S/C13H15NO4S/c1-19-11-5-3-2-4-9(11)12(16)14-7-8(15)6-10(14)13(17)18/h2-5,8,10,15H,6-7H2,1H3,(H,17,18). The van der Waals surface area contributed by atoms with Crippen LogP contribution in [0.3, 0.4) is 0 Å². The van der Waals surface area contributed by atoms with Gasteiger partial charge in [-0.05, 0) is 18.4 Å². The average molecular weight is 281 g/mol. The Morgan fingerprint density at radius 2 is 2.05 bits per heavy atom. The molecular formula is C13H15NO4S. The van der Waals surface area contributed by atoms with Crippen molar-refractivity contribution in [3.63, 3.8) is 0 Å². The van der Waals surface area contributed by atoms with E-state index in [1.54, 1.807) is 12.1 Å². The highest BCUT2D eigenvalue weighted by atomic mass is 32.2. The molecule has 102 valence electrons. The molecule has 0 radical (unpaired) electrons. The van der Waals surface area contributed by atoms with Crippen LogP contribution in [0.5, 0.6) is 0 Å². The number of amides is 1. The van der Waals surface area contributed by atoms with Crippen molar-refractivity contribution in [3.05, 3.63) is 29.8 Å². The molecule has 2 atom stereocenters. The highest BCUT2D eigenvalue weighted by molar-refractivity contribution is 7.98. The van der Waals surface area contributed by atoms with Crippen molar-refractivity contribution in [1.82, 2.24) is 4.90 Å². The molecule has 1 aromatic rings. The van der Waals surface area contributed by atoms with E-state index in [9.17, 15) is 14.7 Å². The van der Waals surface area contributed by atoms with Crippen molar-refractivity contribution in [1.29, 1.82) is 0 Å². The third kappa shape index (κ3) is 2.74. The number of aliphatic carboxylic acids is 1. The molecule has 1 amide bonds. The second-order valence-electron chi connectivity index (χ2n) is 4.40. The van der Waals surface area contributed by atoms with Crippen LogP contribution in [0, 0.1) is 0 Å². The van der Waals surface area contributed by atoms with Crippen LogP contribution >= 0.6 is 11.8 Å². The van der Waals surface area contributed by atoms with Crippen LogP contribution in [0.1, 0.15) is 16.8 Å². The Bertz CT molecular complexity index is 505. The van der Waals surface area contributed by atoms with Gasteiger partial charge in [-0.3, -0.25) is 4.79 Å². The monoisotopic (exact) mass is 281 g/mol. The molecule has 6 heteroatoms. The first-order valence-electron chi connectivity index (χ1n) is 5.89. The number of carboxylic acid groups (broad SMARTS) is 1. The van der Waals surface area contributed by atoms with Crippen LogP contribution in [0.2, 0.25) is 0 Å². The molecule has 1 aliphatic rings. The Kier molecular flexibility index (Phi) is 4.11. The lowest BCUT2D eigenvalue weighted by atomic mass is 10.1. The molecule has 1 heterocycles. The predicted octanol–water partition coefficient (Wildman–Crippen LogP) is 1.07. The number of carboxylic acids is 1. The van der Waals surface area contributed by atoms with Gasteiger partial charge in [0.2, 0.25) is 0 Å². The van der Waals surface area contributed by atoms with Gasteiger partial charge >= 0.3 is 5.97 Å². The molecular weight excluding hydrogens is 266 g/mol. The molecule has 0 bridgehead atoms. The van der Waals surface area contributed by atoms with Crippen LogP contribution in [-0.4, -0.2) is 51.9 Å². The fourth-order valence-corrected chi connectivity index (χ4v) is 2.84. The summed E-state index contributed by atoms with van der Waals surface area (Å²) in [4.78, 5) is 25.6. The van der Waals surface area contributed by atoms with E-state index in [-0.39, 0.29) is 18.9 Å². The predicted molar refractivity (Wildman–Crippen MR) is 71.3 cm³/mol. The van der Waals surface area contributed by atoms with Gasteiger partial charge < -0.3 is 15.1 Å². The maximum atomic E-state index is 12.4. The smallest absolute Gasteiger partial charge is 0.326 e. The first-order chi connectivity index (χ1) is 9.04. The van der Waals surface area contributed by atoms with Gasteiger partial charge in [0.1, 0.15) is 6.04 Å². The second kappa shape index (κ2) is 5.63. The van der Waals surface area contributed by atoms with E-state index in [2.05, 4.69) is 0 Å². The maximum absolute atomic E-state index is 12.4. The van der Waals surface area contributed by atoms with E-state index in [1.165, 1.54) is 16.7 Å². The number of aliphatic hydroxyl groups excluding tert-OH is 1. The number of rotatable bonds is 3. The van der Waals surface area contributed by atoms with Crippen LogP contribution in [0.4, 0.5) is 0 Å². The van der Waals surface area contributed by atoms with Crippen LogP contribution < -0.4 is 0 Å². The number of nitrogens with zero attached hydrogens (tertiary/aromatic N) is 1. The number of β-amino-alcohol motifs (C(OH)–C–C–N with tert-alkyl or cyclic N) is 1. The Balaban J connectivity index is 2.30. The van der Waals surface area contributed by atoms with Crippen molar-refractivity contribution < 1.29 is 19.8 Å². The molecule has 1 fully saturated rings. The molecule has 1 saturated heterocycles. The number of carbonyl (C=O) groups is 2. The van der Waals surface area contributed by atoms with Crippen LogP contribution in [-0.2, 0) is 4.79 Å². The summed E-state index contributed by atoms with van der Waals surface area (Å²) in [6.45, 7) is 0.0680. The zero-order chi connectivity index (χ0) is 14.0. The highest BCUT2D eigenvalue weighted by Gasteiger charge is 2.39. The van der Waals surface area contributed by atoms with Gasteiger partial charge in [-0.25, -0.2) is 4.79 Å². The minimum Gasteiger partial charge on any atom is -0.480 e. The van der Waals surface area contributed by atoms with E-state index < -0.39 is 18.1 Å². The van der Waals surface area contributed by atoms with Crippen molar-refractivity contribution in [2.75, 3.05) is 12.8 Å². The summed E-state index contributed by atoms with van der Waals surface area (Å²) in [5, 5.41) is 18.7. The zero-order valence-electron chi connectivity index (χ0n) is 10.4. The van der Waals surface area contributed by atoms with E-state index >= 15 is 0 Å². The molecule has 0 aromatic heterocycles. The normalized spacial score (nSPS) is 22.5. The summed E-state index contributed by atoms with van der Waals surface area (Å²) in [5.41, 5.74) is 0.482. The molecule has 1 aliphatic heterocycles. The molecule has 0 aliphatic carbocycles. The molecule has 1 aromatic carbocycles. The quantitative estimate of drug-likeness (QED) is 0.810. The summed E-state index contributed by atoms with van der Waals surface area (Å²) in [6.07, 6.45) is 1.17. The molecule has 0 spiro atoms. The lowest BCUT2D eigenvalue weighted by molar-refractivity contribution is -0.141. The van der Waals surface area contributed by atoms with E-state index in [0.29, 0.717) is 5.56 Å². The minimum absolute atomic E-state index is 0.0680. The van der Waals surface area contributed by atoms with Gasteiger partial charge in [0, 0.05) is 17.9 Å². The third-order valence-electron chi connectivity index (χ3n) is 3.16. The average Bonchev–Trinajstić information content (AvgIpc) is 2.80. The van der Waals surface area contributed by atoms with Crippen molar-refractivity contribution in [2.45, 2.75) is 23.5 Å². The van der Waals surface area contributed by atoms with Crippen molar-refractivity contribution in [2.24, 2.45) is 0 Å². The number of hydrogen-bond acceptors (Lipinski definition) is 4. The van der Waals surface area contributed by atoms with Gasteiger partial charge in [-0.1, -0.05) is 12.1 Å². The molecule has 5 nitrogen and oxygen atoms in total. The van der Waals surface area contributed by atoms with Gasteiger partial charge in [-0.2, -0.15) is 0 Å². The third-order valence-corrected chi connectivity index (χ3v) is 3.96. The highest BCUT2D eigenvalue weighted by Crippen LogP contribution is 2.26. The fourth-order valence-electron chi connectivity index (χ4n) is 2.25. The molecule has 19 heavy (non-hydrogen) atoms. The van der Waals surface area contributed by atoms with E-state index in [0.717, 1.165) is 4.90 Å². The van der Waals surface area contributed by atoms with Crippen molar-refractivity contribution >= 4 is 23.6 Å². The summed E-state index contributed by atoms with van der Waals surface area (Å²) in [7, 11) is 0. The lowest BCUT2D eigenvalue weighted by Gasteiger charge is -2.22. The zero-order valence-corrected chi connectivity index (χ0v) is 11.3. The number of carbonyl (C=O) groups excluding carboxylic acids is 1. The molecule has 2 unspecified atom stereocenters. The maximum Gasteiger partial charge on any atom is 0.326 e. The largest absolute Gasteiger partial charge is 0.480 e. The van der Waals surface area contributed by atoms with E-state index in [4.69, 9.17) is 5.11 Å². The second-order valence-corrected chi connectivity index (χ2v) is 5.25. The van der Waals surface area contributed by atoms with Gasteiger partial charge in [0.15, 0.2) is 0 Å². The summed E-state index contributed by atoms with van der Waals surface area (Å²) >= 11 is 1.44. The van der Waals surface area contributed by atoms with E-state index in [1.807, 2.05) is 18.4 Å². The molecule has 0 saturated carbocycles. The number of hydrogen-bond donors (Lipinski definition) is 2. The number of aliphatic hydroxyl groups is 1. The SMILES string of the molecule is CSc1ccccc1C(=O)N1CC(O)CC1C(=O)O. The minimum atomic E-state index is -1.08. The Labute approximate surface area is 115 Å². The Morgan fingerprint density at radius 1 is 1.37 bits per heavy atom. The topological polar surface area (TPSA) is 77.8 Å². The lowest BCUT2D eigenvalue weighted by Crippen LogP contribution is -2.40. The van der Waals surface area contributed by atoms with Gasteiger partial charge in [0.25, 0.3) is 5.91 Å². The van der Waals surface area contributed by atoms with Crippen molar-refractivity contribution in [3.8, 4) is 0 Å². The molecule has 2 N–H and O–H groups in total. The number of thioether (sulfide) groups is 1. The van der Waals surface area contributed by atoms with Gasteiger partial charge in [-0.15, -0.1) is 11.8 Å². The van der Waals surface area contributed by atoms with Crippen LogP contribution in [0.15, 0.2) is 29.2 Å². The summed E-state index contributed by atoms with van der Waals surface area (Å²) < 4.78 is 0. The van der Waals surface area contributed by atoms with Gasteiger partial charge in [0.05, 0.1) is 11.7 Å².